The summed E-state index contributed by atoms with van der Waals surface area (Å²) in [7, 11) is -1.06. The maximum atomic E-state index is 11.6. The standard InChI is InChI=1S/C13H24N2O3Si/c1-6-18-13(16)12-9-14-15(11(12)2)10-17-7-8-19(3,4)5/h9H,6-8,10H2,1-5H3. The highest BCUT2D eigenvalue weighted by Crippen LogP contribution is 2.11. The fourth-order valence-corrected chi connectivity index (χ4v) is 2.27. The first-order chi connectivity index (χ1) is 8.85. The fourth-order valence-electron chi connectivity index (χ4n) is 1.52. The predicted molar refractivity (Wildman–Crippen MR) is 77.0 cm³/mol. The molecule has 0 atom stereocenters. The Morgan fingerprint density at radius 2 is 2.11 bits per heavy atom. The predicted octanol–water partition coefficient (Wildman–Crippen LogP) is 2.68. The van der Waals surface area contributed by atoms with Crippen molar-refractivity contribution in [1.29, 1.82) is 0 Å². The van der Waals surface area contributed by atoms with E-state index in [1.165, 1.54) is 6.20 Å². The zero-order valence-corrected chi connectivity index (χ0v) is 13.5. The van der Waals surface area contributed by atoms with Crippen LogP contribution in [0.15, 0.2) is 6.20 Å². The average molecular weight is 284 g/mol. The molecule has 0 aliphatic heterocycles. The van der Waals surface area contributed by atoms with Crippen LogP contribution in [0.2, 0.25) is 25.7 Å². The van der Waals surface area contributed by atoms with E-state index < -0.39 is 8.07 Å². The Bertz CT molecular complexity index is 424. The van der Waals surface area contributed by atoms with Crippen LogP contribution in [0.25, 0.3) is 0 Å². The first-order valence-electron chi connectivity index (χ1n) is 6.62. The lowest BCUT2D eigenvalue weighted by Gasteiger charge is -2.15. The van der Waals surface area contributed by atoms with E-state index in [0.29, 0.717) is 18.9 Å². The van der Waals surface area contributed by atoms with Gasteiger partial charge in [0.25, 0.3) is 0 Å². The van der Waals surface area contributed by atoms with E-state index in [4.69, 9.17) is 9.47 Å². The third-order valence-corrected chi connectivity index (χ3v) is 4.51. The van der Waals surface area contributed by atoms with Gasteiger partial charge >= 0.3 is 5.97 Å². The number of carbonyl (C=O) groups is 1. The van der Waals surface area contributed by atoms with Crippen LogP contribution in [0.3, 0.4) is 0 Å². The van der Waals surface area contributed by atoms with Crippen LogP contribution in [0.4, 0.5) is 0 Å². The van der Waals surface area contributed by atoms with Crippen LogP contribution in [0.1, 0.15) is 23.0 Å². The van der Waals surface area contributed by atoms with Gasteiger partial charge in [-0.15, -0.1) is 0 Å². The Labute approximate surface area is 115 Å². The minimum Gasteiger partial charge on any atom is -0.462 e. The van der Waals surface area contributed by atoms with E-state index in [9.17, 15) is 4.79 Å². The number of hydrogen-bond donors (Lipinski definition) is 0. The molecule has 0 bridgehead atoms. The smallest absolute Gasteiger partial charge is 0.341 e. The quantitative estimate of drug-likeness (QED) is 0.439. The SMILES string of the molecule is CCOC(=O)c1cnn(COCC[Si](C)(C)C)c1C. The van der Waals surface area contributed by atoms with Crippen molar-refractivity contribution >= 4 is 14.0 Å². The largest absolute Gasteiger partial charge is 0.462 e. The van der Waals surface area contributed by atoms with Crippen molar-refractivity contribution in [3.05, 3.63) is 17.5 Å². The third kappa shape index (κ3) is 5.16. The molecule has 0 unspecified atom stereocenters. The molecule has 1 aromatic heterocycles. The van der Waals surface area contributed by atoms with Gasteiger partial charge in [-0.05, 0) is 19.9 Å². The number of ether oxygens (including phenoxy) is 2. The first kappa shape index (κ1) is 15.9. The molecule has 0 saturated heterocycles. The van der Waals surface area contributed by atoms with Crippen molar-refractivity contribution in [1.82, 2.24) is 9.78 Å². The average Bonchev–Trinajstić information content (AvgIpc) is 2.65. The molecule has 0 amide bonds. The minimum absolute atomic E-state index is 0.326. The lowest BCUT2D eigenvalue weighted by atomic mass is 10.3. The Morgan fingerprint density at radius 3 is 2.68 bits per heavy atom. The zero-order chi connectivity index (χ0) is 14.5. The van der Waals surface area contributed by atoms with Gasteiger partial charge in [-0.3, -0.25) is 0 Å². The summed E-state index contributed by atoms with van der Waals surface area (Å²) >= 11 is 0. The number of rotatable bonds is 7. The normalized spacial score (nSPS) is 11.6. The van der Waals surface area contributed by atoms with Crippen molar-refractivity contribution < 1.29 is 14.3 Å². The second-order valence-corrected chi connectivity index (χ2v) is 11.3. The summed E-state index contributed by atoms with van der Waals surface area (Å²) in [4.78, 5) is 11.6. The molecular formula is C13H24N2O3Si. The second kappa shape index (κ2) is 6.86. The highest BCUT2D eigenvalue weighted by atomic mass is 28.3. The molecular weight excluding hydrogens is 260 g/mol. The monoisotopic (exact) mass is 284 g/mol. The molecule has 0 fully saturated rings. The van der Waals surface area contributed by atoms with E-state index in [0.717, 1.165) is 18.3 Å². The summed E-state index contributed by atoms with van der Waals surface area (Å²) in [6.45, 7) is 12.1. The van der Waals surface area contributed by atoms with Gasteiger partial charge in [0.15, 0.2) is 0 Å². The van der Waals surface area contributed by atoms with Crippen molar-refractivity contribution in [2.24, 2.45) is 0 Å². The number of carbonyl (C=O) groups excluding carboxylic acids is 1. The number of nitrogens with zero attached hydrogens (tertiary/aromatic N) is 2. The molecule has 0 N–H and O–H groups in total. The molecule has 108 valence electrons. The molecule has 1 aromatic rings. The maximum Gasteiger partial charge on any atom is 0.341 e. The fraction of sp³-hybridized carbons (Fsp3) is 0.692. The lowest BCUT2D eigenvalue weighted by Crippen LogP contribution is -2.22. The molecule has 1 heterocycles. The van der Waals surface area contributed by atoms with Crippen LogP contribution in [-0.4, -0.2) is 37.0 Å². The van der Waals surface area contributed by atoms with Gasteiger partial charge in [-0.1, -0.05) is 19.6 Å². The van der Waals surface area contributed by atoms with Gasteiger partial charge in [0.1, 0.15) is 12.3 Å². The lowest BCUT2D eigenvalue weighted by molar-refractivity contribution is 0.0523. The third-order valence-electron chi connectivity index (χ3n) is 2.81. The summed E-state index contributed by atoms with van der Waals surface area (Å²) < 4.78 is 12.3. The van der Waals surface area contributed by atoms with Crippen LogP contribution < -0.4 is 0 Å². The topological polar surface area (TPSA) is 53.3 Å². The highest BCUT2D eigenvalue weighted by molar-refractivity contribution is 6.76. The molecule has 0 aliphatic rings. The van der Waals surface area contributed by atoms with Gasteiger partial charge < -0.3 is 9.47 Å². The van der Waals surface area contributed by atoms with E-state index in [1.807, 2.05) is 6.92 Å². The maximum absolute atomic E-state index is 11.6. The summed E-state index contributed by atoms with van der Waals surface area (Å²) in [5.41, 5.74) is 1.29. The van der Waals surface area contributed by atoms with Crippen LogP contribution in [0.5, 0.6) is 0 Å². The Kier molecular flexibility index (Phi) is 5.75. The zero-order valence-electron chi connectivity index (χ0n) is 12.5. The van der Waals surface area contributed by atoms with Crippen LogP contribution in [0, 0.1) is 6.92 Å². The van der Waals surface area contributed by atoms with E-state index in [1.54, 1.807) is 11.6 Å². The van der Waals surface area contributed by atoms with Gasteiger partial charge in [-0.2, -0.15) is 5.10 Å². The highest BCUT2D eigenvalue weighted by Gasteiger charge is 2.16. The second-order valence-electron chi connectivity index (χ2n) is 5.71. The molecule has 6 heteroatoms. The number of aromatic nitrogens is 2. The molecule has 19 heavy (non-hydrogen) atoms. The van der Waals surface area contributed by atoms with Crippen molar-refractivity contribution in [3.8, 4) is 0 Å². The molecule has 0 aliphatic carbocycles. The summed E-state index contributed by atoms with van der Waals surface area (Å²) in [6, 6.07) is 1.12. The Balaban J connectivity index is 2.50. The molecule has 1 rings (SSSR count). The van der Waals surface area contributed by atoms with Gasteiger partial charge in [0, 0.05) is 14.7 Å². The summed E-state index contributed by atoms with van der Waals surface area (Å²) in [5.74, 6) is -0.326. The molecule has 0 spiro atoms. The first-order valence-corrected chi connectivity index (χ1v) is 10.3. The van der Waals surface area contributed by atoms with Crippen molar-refractivity contribution in [2.45, 2.75) is 46.3 Å². The summed E-state index contributed by atoms with van der Waals surface area (Å²) in [5, 5.41) is 4.16. The van der Waals surface area contributed by atoms with Gasteiger partial charge in [-0.25, -0.2) is 9.48 Å². The number of esters is 1. The molecule has 0 saturated carbocycles. The van der Waals surface area contributed by atoms with E-state index in [-0.39, 0.29) is 5.97 Å². The van der Waals surface area contributed by atoms with Crippen LogP contribution >= 0.6 is 0 Å². The molecule has 0 aromatic carbocycles. The Morgan fingerprint density at radius 1 is 1.42 bits per heavy atom. The van der Waals surface area contributed by atoms with Crippen molar-refractivity contribution in [3.63, 3.8) is 0 Å². The van der Waals surface area contributed by atoms with Gasteiger partial charge in [0.05, 0.1) is 18.5 Å². The Hall–Kier alpha value is -1.14. The van der Waals surface area contributed by atoms with Gasteiger partial charge in [0.2, 0.25) is 0 Å². The van der Waals surface area contributed by atoms with Crippen molar-refractivity contribution in [2.75, 3.05) is 13.2 Å². The molecule has 5 nitrogen and oxygen atoms in total. The minimum atomic E-state index is -1.06. The van der Waals surface area contributed by atoms with Crippen LogP contribution in [-0.2, 0) is 16.2 Å². The summed E-state index contributed by atoms with van der Waals surface area (Å²) in [6.07, 6.45) is 1.54. The van der Waals surface area contributed by atoms with E-state index in [2.05, 4.69) is 24.7 Å². The number of hydrogen-bond acceptors (Lipinski definition) is 4. The van der Waals surface area contributed by atoms with E-state index >= 15 is 0 Å². The molecule has 0 radical (unpaired) electrons.